The molecular formula is C15H14BrClN2O2. The molecular weight excluding hydrogens is 356 g/mol. The second-order valence-corrected chi connectivity index (χ2v) is 6.39. The lowest BCUT2D eigenvalue weighted by molar-refractivity contribution is 0.407. The molecule has 110 valence electrons. The minimum absolute atomic E-state index is 0.126. The molecule has 1 aliphatic carbocycles. The molecule has 0 radical (unpaired) electrons. The van der Waals surface area contributed by atoms with Gasteiger partial charge in [0.1, 0.15) is 16.7 Å². The molecule has 4 nitrogen and oxygen atoms in total. The first kappa shape index (κ1) is 14.6. The zero-order chi connectivity index (χ0) is 15.0. The number of benzene rings is 1. The number of hydrogen-bond donors (Lipinski definition) is 0. The molecule has 0 atom stereocenters. The maximum absolute atomic E-state index is 12.3. The summed E-state index contributed by atoms with van der Waals surface area (Å²) < 4.78 is 8.00. The molecule has 1 aromatic heterocycles. The molecule has 0 N–H and O–H groups in total. The molecule has 21 heavy (non-hydrogen) atoms. The van der Waals surface area contributed by atoms with Crippen LogP contribution in [0.5, 0.6) is 5.75 Å². The van der Waals surface area contributed by atoms with Gasteiger partial charge in [0.15, 0.2) is 0 Å². The fraction of sp³-hybridized carbons (Fsp3) is 0.333. The molecule has 1 aliphatic rings. The van der Waals surface area contributed by atoms with Crippen LogP contribution in [-0.2, 0) is 6.54 Å². The summed E-state index contributed by atoms with van der Waals surface area (Å²) in [6.45, 7) is 0.428. The lowest BCUT2D eigenvalue weighted by Gasteiger charge is -2.14. The van der Waals surface area contributed by atoms with E-state index < -0.39 is 0 Å². The molecule has 3 rings (SSSR count). The fourth-order valence-electron chi connectivity index (χ4n) is 2.35. The molecule has 1 heterocycles. The largest absolute Gasteiger partial charge is 0.496 e. The number of nitrogens with zero attached hydrogens (tertiary/aromatic N) is 2. The van der Waals surface area contributed by atoms with Crippen molar-refractivity contribution in [1.29, 1.82) is 0 Å². The first-order valence-corrected chi connectivity index (χ1v) is 7.85. The Morgan fingerprint density at radius 3 is 2.86 bits per heavy atom. The van der Waals surface area contributed by atoms with E-state index >= 15 is 0 Å². The van der Waals surface area contributed by atoms with Crippen LogP contribution in [0, 0.1) is 0 Å². The van der Waals surface area contributed by atoms with Gasteiger partial charge in [-0.3, -0.25) is 9.36 Å². The van der Waals surface area contributed by atoms with Gasteiger partial charge in [-0.05, 0) is 31.0 Å². The van der Waals surface area contributed by atoms with Crippen LogP contribution in [-0.4, -0.2) is 16.7 Å². The van der Waals surface area contributed by atoms with Crippen molar-refractivity contribution in [2.45, 2.75) is 25.3 Å². The highest BCUT2D eigenvalue weighted by molar-refractivity contribution is 9.10. The van der Waals surface area contributed by atoms with Crippen molar-refractivity contribution in [1.82, 2.24) is 9.55 Å². The predicted molar refractivity (Wildman–Crippen MR) is 85.3 cm³/mol. The van der Waals surface area contributed by atoms with Crippen molar-refractivity contribution in [3.8, 4) is 5.75 Å². The third kappa shape index (κ3) is 3.14. The van der Waals surface area contributed by atoms with E-state index in [-0.39, 0.29) is 10.7 Å². The second kappa shape index (κ2) is 5.81. The average Bonchev–Trinajstić information content (AvgIpc) is 3.26. The molecule has 0 saturated heterocycles. The normalized spacial score (nSPS) is 14.2. The quantitative estimate of drug-likeness (QED) is 0.774. The molecule has 0 amide bonds. The van der Waals surface area contributed by atoms with Crippen LogP contribution >= 0.6 is 27.5 Å². The molecule has 1 fully saturated rings. The van der Waals surface area contributed by atoms with E-state index in [1.807, 2.05) is 18.2 Å². The molecule has 1 aromatic carbocycles. The third-order valence-electron chi connectivity index (χ3n) is 3.52. The van der Waals surface area contributed by atoms with E-state index in [1.165, 1.54) is 6.07 Å². The predicted octanol–water partition coefficient (Wildman–Crippen LogP) is 3.59. The lowest BCUT2D eigenvalue weighted by Crippen LogP contribution is -2.25. The first-order valence-electron chi connectivity index (χ1n) is 6.68. The Balaban J connectivity index is 2.06. The SMILES string of the molecule is COc1ccc(Br)cc1Cn1c(C2CC2)nc(Cl)cc1=O. The number of rotatable bonds is 4. The molecule has 0 bridgehead atoms. The van der Waals surface area contributed by atoms with Crippen molar-refractivity contribution >= 4 is 27.5 Å². The summed E-state index contributed by atoms with van der Waals surface area (Å²) in [7, 11) is 1.62. The topological polar surface area (TPSA) is 44.1 Å². The molecule has 0 aliphatic heterocycles. The average molecular weight is 370 g/mol. The van der Waals surface area contributed by atoms with Gasteiger partial charge in [-0.25, -0.2) is 4.98 Å². The highest BCUT2D eigenvalue weighted by Crippen LogP contribution is 2.39. The minimum Gasteiger partial charge on any atom is -0.496 e. The van der Waals surface area contributed by atoms with Gasteiger partial charge in [0.05, 0.1) is 13.7 Å². The molecule has 0 spiro atoms. The van der Waals surface area contributed by atoms with Gasteiger partial charge >= 0.3 is 0 Å². The number of methoxy groups -OCH3 is 1. The van der Waals surface area contributed by atoms with Crippen LogP contribution in [0.2, 0.25) is 5.15 Å². The summed E-state index contributed by atoms with van der Waals surface area (Å²) in [5, 5.41) is 0.263. The van der Waals surface area contributed by atoms with E-state index in [0.29, 0.717) is 12.5 Å². The van der Waals surface area contributed by atoms with Crippen molar-refractivity contribution in [2.75, 3.05) is 7.11 Å². The summed E-state index contributed by atoms with van der Waals surface area (Å²) in [6.07, 6.45) is 2.12. The van der Waals surface area contributed by atoms with Gasteiger partial charge in [0.25, 0.3) is 5.56 Å². The smallest absolute Gasteiger partial charge is 0.255 e. The van der Waals surface area contributed by atoms with Crippen molar-refractivity contribution < 1.29 is 4.74 Å². The molecule has 2 aromatic rings. The second-order valence-electron chi connectivity index (χ2n) is 5.09. The van der Waals surface area contributed by atoms with Gasteiger partial charge in [0, 0.05) is 22.0 Å². The fourth-order valence-corrected chi connectivity index (χ4v) is 2.94. The van der Waals surface area contributed by atoms with E-state index in [2.05, 4.69) is 20.9 Å². The number of halogens is 2. The first-order chi connectivity index (χ1) is 10.1. The summed E-state index contributed by atoms with van der Waals surface area (Å²) in [5.41, 5.74) is 0.805. The maximum atomic E-state index is 12.3. The Hall–Kier alpha value is -1.33. The van der Waals surface area contributed by atoms with Crippen molar-refractivity contribution in [3.05, 3.63) is 55.6 Å². The van der Waals surface area contributed by atoms with Gasteiger partial charge in [-0.15, -0.1) is 0 Å². The Morgan fingerprint density at radius 1 is 1.43 bits per heavy atom. The third-order valence-corrected chi connectivity index (χ3v) is 4.21. The van der Waals surface area contributed by atoms with Crippen LogP contribution < -0.4 is 10.3 Å². The van der Waals surface area contributed by atoms with E-state index in [0.717, 1.165) is 34.5 Å². The summed E-state index contributed by atoms with van der Waals surface area (Å²) >= 11 is 9.37. The van der Waals surface area contributed by atoms with Crippen LogP contribution in [0.25, 0.3) is 0 Å². The summed E-state index contributed by atoms with van der Waals surface area (Å²) in [6, 6.07) is 7.10. The zero-order valence-electron chi connectivity index (χ0n) is 11.5. The van der Waals surface area contributed by atoms with E-state index in [1.54, 1.807) is 11.7 Å². The maximum Gasteiger partial charge on any atom is 0.255 e. The minimum atomic E-state index is -0.126. The highest BCUT2D eigenvalue weighted by atomic mass is 79.9. The van der Waals surface area contributed by atoms with Crippen LogP contribution in [0.3, 0.4) is 0 Å². The van der Waals surface area contributed by atoms with Gasteiger partial charge in [-0.1, -0.05) is 27.5 Å². The number of aromatic nitrogens is 2. The van der Waals surface area contributed by atoms with Crippen LogP contribution in [0.1, 0.15) is 30.1 Å². The summed E-state index contributed by atoms with van der Waals surface area (Å²) in [5.74, 6) is 1.87. The van der Waals surface area contributed by atoms with Gasteiger partial charge in [-0.2, -0.15) is 0 Å². The van der Waals surface area contributed by atoms with Crippen LogP contribution in [0.15, 0.2) is 33.5 Å². The van der Waals surface area contributed by atoms with E-state index in [4.69, 9.17) is 16.3 Å². The Labute approximate surface area is 135 Å². The monoisotopic (exact) mass is 368 g/mol. The van der Waals surface area contributed by atoms with Gasteiger partial charge < -0.3 is 4.74 Å². The van der Waals surface area contributed by atoms with E-state index in [9.17, 15) is 4.79 Å². The van der Waals surface area contributed by atoms with Crippen molar-refractivity contribution in [3.63, 3.8) is 0 Å². The molecule has 1 saturated carbocycles. The van der Waals surface area contributed by atoms with Gasteiger partial charge in [0.2, 0.25) is 0 Å². The zero-order valence-corrected chi connectivity index (χ0v) is 13.8. The van der Waals surface area contributed by atoms with Crippen LogP contribution in [0.4, 0.5) is 0 Å². The Kier molecular flexibility index (Phi) is 4.04. The summed E-state index contributed by atoms with van der Waals surface area (Å²) in [4.78, 5) is 16.6. The Bertz CT molecular complexity index is 741. The number of hydrogen-bond acceptors (Lipinski definition) is 3. The Morgan fingerprint density at radius 2 is 2.19 bits per heavy atom. The highest BCUT2D eigenvalue weighted by Gasteiger charge is 2.29. The number of ether oxygens (including phenoxy) is 1. The standard InChI is InChI=1S/C15H14BrClN2O2/c1-21-12-5-4-11(16)6-10(12)8-19-14(20)7-13(17)18-15(19)9-2-3-9/h4-7,9H,2-3,8H2,1H3. The van der Waals surface area contributed by atoms with Crippen molar-refractivity contribution in [2.24, 2.45) is 0 Å². The lowest BCUT2D eigenvalue weighted by atomic mass is 10.2. The molecule has 0 unspecified atom stereocenters. The molecule has 6 heteroatoms.